The molecule has 0 unspecified atom stereocenters. The normalized spacial score (nSPS) is 10.9. The van der Waals surface area contributed by atoms with Crippen molar-refractivity contribution in [3.8, 4) is 0 Å². The molecule has 0 amide bonds. The average Bonchev–Trinajstić information content (AvgIpc) is 2.70. The summed E-state index contributed by atoms with van der Waals surface area (Å²) in [6.07, 6.45) is 3.83. The highest BCUT2D eigenvalue weighted by atomic mass is 32.1. The monoisotopic (exact) mass is 266 g/mol. The molecule has 0 aromatic carbocycles. The molecule has 2 rings (SSSR count). The second-order valence-corrected chi connectivity index (χ2v) is 4.57. The highest BCUT2D eigenvalue weighted by molar-refractivity contribution is 7.80. The van der Waals surface area contributed by atoms with Crippen LogP contribution in [-0.4, -0.2) is 29.8 Å². The number of rotatable bonds is 5. The largest absolute Gasteiger partial charge is 0.393 e. The van der Waals surface area contributed by atoms with Gasteiger partial charge in [0.15, 0.2) is 5.65 Å². The number of aryl methyl sites for hydroxylation is 2. The maximum atomic E-state index is 12.0. The third-order valence-electron chi connectivity index (χ3n) is 2.66. The SMILES string of the molecule is Cn1ncc2c(=O)n(CCCCC(N)=S)nnc21. The molecule has 0 aliphatic heterocycles. The van der Waals surface area contributed by atoms with Crippen LogP contribution in [0.2, 0.25) is 0 Å². The van der Waals surface area contributed by atoms with Gasteiger partial charge in [-0.25, -0.2) is 9.36 Å². The van der Waals surface area contributed by atoms with Crippen molar-refractivity contribution in [3.63, 3.8) is 0 Å². The predicted octanol–water partition coefficient (Wildman–Crippen LogP) is -0.0186. The third kappa shape index (κ3) is 2.53. The van der Waals surface area contributed by atoms with Gasteiger partial charge in [-0.2, -0.15) is 5.10 Å². The van der Waals surface area contributed by atoms with Gasteiger partial charge < -0.3 is 5.73 Å². The molecule has 8 heteroatoms. The maximum Gasteiger partial charge on any atom is 0.280 e. The van der Waals surface area contributed by atoms with Crippen molar-refractivity contribution in [3.05, 3.63) is 16.6 Å². The van der Waals surface area contributed by atoms with E-state index in [1.54, 1.807) is 7.05 Å². The minimum atomic E-state index is -0.163. The van der Waals surface area contributed by atoms with E-state index in [9.17, 15) is 4.79 Å². The lowest BCUT2D eigenvalue weighted by atomic mass is 10.2. The van der Waals surface area contributed by atoms with Gasteiger partial charge in [-0.05, 0) is 19.3 Å². The van der Waals surface area contributed by atoms with Crippen molar-refractivity contribution in [2.45, 2.75) is 25.8 Å². The number of thiocarbonyl (C=S) groups is 1. The Morgan fingerprint density at radius 2 is 2.28 bits per heavy atom. The van der Waals surface area contributed by atoms with Crippen LogP contribution in [-0.2, 0) is 13.6 Å². The van der Waals surface area contributed by atoms with E-state index in [4.69, 9.17) is 18.0 Å². The molecule has 0 fully saturated rings. The first-order valence-corrected chi connectivity index (χ1v) is 6.04. The number of fused-ring (bicyclic) bond motifs is 1. The van der Waals surface area contributed by atoms with Gasteiger partial charge in [0, 0.05) is 13.6 Å². The van der Waals surface area contributed by atoms with Crippen LogP contribution in [0.25, 0.3) is 11.0 Å². The molecule has 2 heterocycles. The fourth-order valence-corrected chi connectivity index (χ4v) is 1.83. The molecule has 2 aromatic rings. The lowest BCUT2D eigenvalue weighted by Crippen LogP contribution is -2.24. The first-order valence-electron chi connectivity index (χ1n) is 5.63. The van der Waals surface area contributed by atoms with Crippen LogP contribution in [0.1, 0.15) is 19.3 Å². The van der Waals surface area contributed by atoms with Gasteiger partial charge in [-0.1, -0.05) is 17.4 Å². The maximum absolute atomic E-state index is 12.0. The van der Waals surface area contributed by atoms with Crippen LogP contribution in [0.5, 0.6) is 0 Å². The van der Waals surface area contributed by atoms with E-state index < -0.39 is 0 Å². The molecule has 2 aromatic heterocycles. The molecule has 0 aliphatic carbocycles. The molecule has 7 nitrogen and oxygen atoms in total. The molecule has 2 N–H and O–H groups in total. The summed E-state index contributed by atoms with van der Waals surface area (Å²) >= 11 is 4.79. The molecule has 0 saturated carbocycles. The minimum absolute atomic E-state index is 0.163. The fourth-order valence-electron chi connectivity index (χ4n) is 1.68. The van der Waals surface area contributed by atoms with Crippen molar-refractivity contribution in [1.29, 1.82) is 0 Å². The Labute approximate surface area is 109 Å². The Morgan fingerprint density at radius 1 is 1.50 bits per heavy atom. The number of nitrogens with zero attached hydrogens (tertiary/aromatic N) is 5. The van der Waals surface area contributed by atoms with Gasteiger partial charge in [-0.15, -0.1) is 5.10 Å². The molecular weight excluding hydrogens is 252 g/mol. The molecule has 0 radical (unpaired) electrons. The van der Waals surface area contributed by atoms with E-state index in [0.717, 1.165) is 12.8 Å². The van der Waals surface area contributed by atoms with Gasteiger partial charge in [0.2, 0.25) is 0 Å². The summed E-state index contributed by atoms with van der Waals surface area (Å²) in [6, 6.07) is 0. The summed E-state index contributed by atoms with van der Waals surface area (Å²) < 4.78 is 2.88. The lowest BCUT2D eigenvalue weighted by molar-refractivity contribution is 0.513. The summed E-state index contributed by atoms with van der Waals surface area (Å²) in [5, 5.41) is 12.3. The standard InChI is InChI=1S/C10H14N6OS/c1-15-9-7(6-12-15)10(17)16(14-13-9)5-3-2-4-8(11)18/h6H,2-5H2,1H3,(H2,11,18). The number of nitrogens with two attached hydrogens (primary N) is 1. The molecule has 96 valence electrons. The zero-order chi connectivity index (χ0) is 13.1. The minimum Gasteiger partial charge on any atom is -0.393 e. The van der Waals surface area contributed by atoms with Gasteiger partial charge >= 0.3 is 0 Å². The van der Waals surface area contributed by atoms with Crippen molar-refractivity contribution >= 4 is 28.2 Å². The van der Waals surface area contributed by atoms with Crippen molar-refractivity contribution < 1.29 is 0 Å². The average molecular weight is 266 g/mol. The van der Waals surface area contributed by atoms with Crippen molar-refractivity contribution in [2.75, 3.05) is 0 Å². The number of hydrogen-bond donors (Lipinski definition) is 1. The Hall–Kier alpha value is -1.83. The molecule has 0 aliphatic rings. The summed E-state index contributed by atoms with van der Waals surface area (Å²) in [4.78, 5) is 12.5. The van der Waals surface area contributed by atoms with Gasteiger partial charge in [-0.3, -0.25) is 4.79 Å². The number of unbranched alkanes of at least 4 members (excludes halogenated alkanes) is 1. The molecule has 18 heavy (non-hydrogen) atoms. The van der Waals surface area contributed by atoms with Crippen LogP contribution in [0.3, 0.4) is 0 Å². The van der Waals surface area contributed by atoms with Crippen molar-refractivity contribution in [1.82, 2.24) is 24.8 Å². The van der Waals surface area contributed by atoms with E-state index in [2.05, 4.69) is 15.4 Å². The van der Waals surface area contributed by atoms with E-state index in [1.807, 2.05) is 0 Å². The lowest BCUT2D eigenvalue weighted by Gasteiger charge is -2.03. The summed E-state index contributed by atoms with van der Waals surface area (Å²) in [5.41, 5.74) is 5.74. The van der Waals surface area contributed by atoms with Gasteiger partial charge in [0.25, 0.3) is 5.56 Å². The molecule has 0 atom stereocenters. The first-order chi connectivity index (χ1) is 8.59. The van der Waals surface area contributed by atoms with Crippen LogP contribution in [0, 0.1) is 0 Å². The number of hydrogen-bond acceptors (Lipinski definition) is 5. The molecule has 0 saturated heterocycles. The smallest absolute Gasteiger partial charge is 0.280 e. The van der Waals surface area contributed by atoms with E-state index in [-0.39, 0.29) is 5.56 Å². The Balaban J connectivity index is 2.12. The van der Waals surface area contributed by atoms with Crippen LogP contribution >= 0.6 is 12.2 Å². The molecular formula is C10H14N6OS. The van der Waals surface area contributed by atoms with E-state index in [1.165, 1.54) is 15.6 Å². The second-order valence-electron chi connectivity index (χ2n) is 4.05. The molecule has 0 spiro atoms. The fraction of sp³-hybridized carbons (Fsp3) is 0.500. The summed E-state index contributed by atoms with van der Waals surface area (Å²) in [6.45, 7) is 0.513. The van der Waals surface area contributed by atoms with E-state index >= 15 is 0 Å². The summed E-state index contributed by atoms with van der Waals surface area (Å²) in [7, 11) is 1.73. The van der Waals surface area contributed by atoms with Crippen LogP contribution in [0.15, 0.2) is 11.0 Å². The highest BCUT2D eigenvalue weighted by Gasteiger charge is 2.08. The van der Waals surface area contributed by atoms with Crippen LogP contribution in [0.4, 0.5) is 0 Å². The third-order valence-corrected chi connectivity index (χ3v) is 2.87. The van der Waals surface area contributed by atoms with Gasteiger partial charge in [0.05, 0.1) is 11.2 Å². The molecule has 0 bridgehead atoms. The topological polar surface area (TPSA) is 91.6 Å². The van der Waals surface area contributed by atoms with Crippen LogP contribution < -0.4 is 11.3 Å². The Bertz CT molecular complexity index is 631. The highest BCUT2D eigenvalue weighted by Crippen LogP contribution is 2.02. The Morgan fingerprint density at radius 3 is 3.00 bits per heavy atom. The first kappa shape index (κ1) is 12.6. The van der Waals surface area contributed by atoms with Crippen molar-refractivity contribution in [2.24, 2.45) is 12.8 Å². The Kier molecular flexibility index (Phi) is 3.66. The zero-order valence-electron chi connectivity index (χ0n) is 10.0. The van der Waals surface area contributed by atoms with E-state index in [0.29, 0.717) is 29.0 Å². The predicted molar refractivity (Wildman–Crippen MR) is 71.2 cm³/mol. The number of aromatic nitrogens is 5. The zero-order valence-corrected chi connectivity index (χ0v) is 10.9. The second kappa shape index (κ2) is 5.21. The van der Waals surface area contributed by atoms with Gasteiger partial charge in [0.1, 0.15) is 5.39 Å². The summed E-state index contributed by atoms with van der Waals surface area (Å²) in [5.74, 6) is 0. The quantitative estimate of drug-likeness (QED) is 0.604.